The van der Waals surface area contributed by atoms with E-state index >= 15 is 0 Å². The highest BCUT2D eigenvalue weighted by molar-refractivity contribution is 9.10. The molecule has 0 atom stereocenters. The lowest BCUT2D eigenvalue weighted by molar-refractivity contribution is -0.0266. The van der Waals surface area contributed by atoms with E-state index in [9.17, 15) is 0 Å². The van der Waals surface area contributed by atoms with Crippen LogP contribution in [0.1, 0.15) is 23.0 Å². The maximum absolute atomic E-state index is 5.96. The Labute approximate surface area is 132 Å². The molecule has 0 saturated heterocycles. The van der Waals surface area contributed by atoms with Gasteiger partial charge in [0, 0.05) is 4.47 Å². The number of ether oxygens (including phenoxy) is 3. The first-order valence-corrected chi connectivity index (χ1v) is 7.46. The Hall–Kier alpha value is -1.94. The van der Waals surface area contributed by atoms with E-state index in [1.807, 2.05) is 49.4 Å². The molecule has 0 aliphatic carbocycles. The Bertz CT molecular complexity index is 645. The minimum Gasteiger partial charge on any atom is -0.488 e. The third kappa shape index (κ3) is 3.22. The molecular weight excluding hydrogens is 332 g/mol. The zero-order valence-electron chi connectivity index (χ0n) is 11.6. The van der Waals surface area contributed by atoms with Crippen molar-refractivity contribution < 1.29 is 14.2 Å². The molecule has 0 unspecified atom stereocenters. The van der Waals surface area contributed by atoms with Crippen molar-refractivity contribution in [3.05, 3.63) is 76.2 Å². The second-order valence-corrected chi connectivity index (χ2v) is 5.64. The van der Waals surface area contributed by atoms with Crippen molar-refractivity contribution >= 4 is 15.9 Å². The molecule has 3 nitrogen and oxygen atoms in total. The van der Waals surface area contributed by atoms with Gasteiger partial charge in [-0.15, -0.1) is 0 Å². The van der Waals surface area contributed by atoms with Crippen LogP contribution in [0.15, 0.2) is 59.5 Å². The van der Waals surface area contributed by atoms with Crippen LogP contribution < -0.4 is 4.74 Å². The third-order valence-electron chi connectivity index (χ3n) is 3.24. The highest BCUT2D eigenvalue weighted by atomic mass is 79.9. The molecule has 3 rings (SSSR count). The first kappa shape index (κ1) is 14.0. The first-order chi connectivity index (χ1) is 10.2. The van der Waals surface area contributed by atoms with E-state index in [0.29, 0.717) is 6.61 Å². The summed E-state index contributed by atoms with van der Waals surface area (Å²) in [7, 11) is 0. The second kappa shape index (κ2) is 6.22. The van der Waals surface area contributed by atoms with Gasteiger partial charge in [-0.1, -0.05) is 46.3 Å². The van der Waals surface area contributed by atoms with Crippen LogP contribution in [0, 0.1) is 6.92 Å². The Kier molecular flexibility index (Phi) is 4.15. The van der Waals surface area contributed by atoms with Crippen LogP contribution in [-0.2, 0) is 16.1 Å². The van der Waals surface area contributed by atoms with Crippen LogP contribution in [0.5, 0.6) is 5.75 Å². The van der Waals surface area contributed by atoms with Crippen molar-refractivity contribution in [3.8, 4) is 5.75 Å². The molecule has 0 fully saturated rings. The fourth-order valence-electron chi connectivity index (χ4n) is 2.10. The molecule has 4 heteroatoms. The summed E-state index contributed by atoms with van der Waals surface area (Å²) in [6, 6.07) is 14.0. The Balaban J connectivity index is 1.84. The van der Waals surface area contributed by atoms with Crippen molar-refractivity contribution in [2.75, 3.05) is 0 Å². The summed E-state index contributed by atoms with van der Waals surface area (Å²) in [5.74, 6) is 0.772. The van der Waals surface area contributed by atoms with Crippen LogP contribution in [0.25, 0.3) is 0 Å². The van der Waals surface area contributed by atoms with Crippen LogP contribution in [0.2, 0.25) is 0 Å². The van der Waals surface area contributed by atoms with Gasteiger partial charge in [-0.05, 0) is 30.2 Å². The molecule has 0 saturated carbocycles. The second-order valence-electron chi connectivity index (χ2n) is 4.79. The minimum absolute atomic E-state index is 0.451. The number of hydrogen-bond donors (Lipinski definition) is 0. The van der Waals surface area contributed by atoms with Gasteiger partial charge in [-0.2, -0.15) is 0 Å². The lowest BCUT2D eigenvalue weighted by Crippen LogP contribution is -2.04. The SMILES string of the molecule is Cc1cc(OCc2ccccc2)c(C2OC=CO2)cc1Br. The van der Waals surface area contributed by atoms with E-state index in [4.69, 9.17) is 14.2 Å². The van der Waals surface area contributed by atoms with Crippen molar-refractivity contribution in [1.29, 1.82) is 0 Å². The summed E-state index contributed by atoms with van der Waals surface area (Å²) in [5, 5.41) is 0. The quantitative estimate of drug-likeness (QED) is 0.791. The summed E-state index contributed by atoms with van der Waals surface area (Å²) in [4.78, 5) is 0. The highest BCUT2D eigenvalue weighted by Gasteiger charge is 2.21. The lowest BCUT2D eigenvalue weighted by atomic mass is 10.1. The van der Waals surface area contributed by atoms with E-state index in [1.165, 1.54) is 0 Å². The molecule has 21 heavy (non-hydrogen) atoms. The molecule has 2 aromatic rings. The van der Waals surface area contributed by atoms with Crippen LogP contribution in [0.3, 0.4) is 0 Å². The lowest BCUT2D eigenvalue weighted by Gasteiger charge is -2.17. The van der Waals surface area contributed by atoms with Crippen molar-refractivity contribution in [1.82, 2.24) is 0 Å². The highest BCUT2D eigenvalue weighted by Crippen LogP contribution is 2.36. The van der Waals surface area contributed by atoms with E-state index in [2.05, 4.69) is 15.9 Å². The number of benzene rings is 2. The Morgan fingerprint density at radius 1 is 1.10 bits per heavy atom. The molecule has 0 radical (unpaired) electrons. The predicted octanol–water partition coefficient (Wildman–Crippen LogP) is 4.85. The monoisotopic (exact) mass is 346 g/mol. The van der Waals surface area contributed by atoms with Crippen molar-refractivity contribution in [2.45, 2.75) is 19.8 Å². The van der Waals surface area contributed by atoms with Gasteiger partial charge in [-0.25, -0.2) is 0 Å². The maximum Gasteiger partial charge on any atom is 0.269 e. The predicted molar refractivity (Wildman–Crippen MR) is 83.7 cm³/mol. The van der Waals surface area contributed by atoms with Crippen molar-refractivity contribution in [3.63, 3.8) is 0 Å². The first-order valence-electron chi connectivity index (χ1n) is 6.67. The summed E-state index contributed by atoms with van der Waals surface area (Å²) in [6.07, 6.45) is 2.63. The molecule has 1 heterocycles. The normalized spacial score (nSPS) is 13.8. The van der Waals surface area contributed by atoms with Gasteiger partial charge in [0.05, 0.1) is 5.56 Å². The number of aryl methyl sites for hydroxylation is 1. The van der Waals surface area contributed by atoms with Gasteiger partial charge in [-0.3, -0.25) is 0 Å². The van der Waals surface area contributed by atoms with Crippen LogP contribution in [0.4, 0.5) is 0 Å². The van der Waals surface area contributed by atoms with Crippen LogP contribution in [-0.4, -0.2) is 0 Å². The average Bonchev–Trinajstić information content (AvgIpc) is 3.03. The molecule has 0 bridgehead atoms. The van der Waals surface area contributed by atoms with E-state index in [1.54, 1.807) is 12.5 Å². The van der Waals surface area contributed by atoms with Gasteiger partial charge in [0.2, 0.25) is 0 Å². The number of rotatable bonds is 4. The molecule has 0 amide bonds. The molecule has 1 aliphatic heterocycles. The standard InChI is InChI=1S/C17H15BrO3/c1-12-9-16(21-11-13-5-3-2-4-6-13)14(10-15(12)18)17-19-7-8-20-17/h2-10,17H,11H2,1H3. The van der Waals surface area contributed by atoms with E-state index in [0.717, 1.165) is 26.9 Å². The third-order valence-corrected chi connectivity index (χ3v) is 4.10. The molecular formula is C17H15BrO3. The smallest absolute Gasteiger partial charge is 0.269 e. The molecule has 0 aromatic heterocycles. The Morgan fingerprint density at radius 3 is 2.52 bits per heavy atom. The van der Waals surface area contributed by atoms with Gasteiger partial charge in [0.15, 0.2) is 0 Å². The number of halogens is 1. The molecule has 1 aliphatic rings. The van der Waals surface area contributed by atoms with E-state index in [-0.39, 0.29) is 0 Å². The fraction of sp³-hybridized carbons (Fsp3) is 0.176. The topological polar surface area (TPSA) is 27.7 Å². The van der Waals surface area contributed by atoms with Crippen molar-refractivity contribution in [2.24, 2.45) is 0 Å². The fourth-order valence-corrected chi connectivity index (χ4v) is 2.46. The maximum atomic E-state index is 5.96. The van der Waals surface area contributed by atoms with E-state index < -0.39 is 6.29 Å². The molecule has 2 aromatic carbocycles. The molecule has 108 valence electrons. The summed E-state index contributed by atoms with van der Waals surface area (Å²) in [6.45, 7) is 2.53. The zero-order chi connectivity index (χ0) is 14.7. The van der Waals surface area contributed by atoms with Gasteiger partial charge >= 0.3 is 0 Å². The largest absolute Gasteiger partial charge is 0.488 e. The minimum atomic E-state index is -0.451. The van der Waals surface area contributed by atoms with Gasteiger partial charge < -0.3 is 14.2 Å². The summed E-state index contributed by atoms with van der Waals surface area (Å²) in [5.41, 5.74) is 3.09. The average molecular weight is 347 g/mol. The summed E-state index contributed by atoms with van der Waals surface area (Å²) >= 11 is 3.54. The van der Waals surface area contributed by atoms with Gasteiger partial charge in [0.25, 0.3) is 6.29 Å². The Morgan fingerprint density at radius 2 is 1.81 bits per heavy atom. The van der Waals surface area contributed by atoms with Crippen LogP contribution >= 0.6 is 15.9 Å². The number of hydrogen-bond acceptors (Lipinski definition) is 3. The summed E-state index contributed by atoms with van der Waals surface area (Å²) < 4.78 is 17.8. The van der Waals surface area contributed by atoms with Gasteiger partial charge in [0.1, 0.15) is 24.9 Å². The molecule has 0 spiro atoms. The zero-order valence-corrected chi connectivity index (χ0v) is 13.2. The molecule has 0 N–H and O–H groups in total.